The number of hydrogen-bond acceptors (Lipinski definition) is 6. The number of para-hydroxylation sites is 1. The predicted molar refractivity (Wildman–Crippen MR) is 74.0 cm³/mol. The number of rotatable bonds is 2. The van der Waals surface area contributed by atoms with E-state index in [2.05, 4.69) is 20.4 Å². The van der Waals surface area contributed by atoms with Crippen molar-refractivity contribution in [2.45, 2.75) is 0 Å². The number of amides is 2. The summed E-state index contributed by atoms with van der Waals surface area (Å²) in [6, 6.07) is 9.02. The van der Waals surface area contributed by atoms with Crippen LogP contribution in [-0.2, 0) is 9.63 Å². The maximum Gasteiger partial charge on any atom is 0.282 e. The lowest BCUT2D eigenvalue weighted by molar-refractivity contribution is -0.114. The van der Waals surface area contributed by atoms with Crippen molar-refractivity contribution in [3.8, 4) is 5.69 Å². The highest BCUT2D eigenvalue weighted by Gasteiger charge is 2.36. The summed E-state index contributed by atoms with van der Waals surface area (Å²) in [5, 5.41) is 9.98. The Kier molecular flexibility index (Phi) is 2.90. The van der Waals surface area contributed by atoms with Gasteiger partial charge in [-0.1, -0.05) is 23.4 Å². The molecule has 0 spiro atoms. The first-order chi connectivity index (χ1) is 10.1. The Hall–Kier alpha value is -3.16. The highest BCUT2D eigenvalue weighted by atomic mass is 16.6. The molecule has 0 saturated carbocycles. The van der Waals surface area contributed by atoms with E-state index in [1.807, 2.05) is 18.2 Å². The molecule has 0 atom stereocenters. The smallest absolute Gasteiger partial charge is 0.282 e. The number of imide groups is 1. The number of hydrogen-bond donors (Lipinski definition) is 2. The second-order valence-electron chi connectivity index (χ2n) is 4.26. The van der Waals surface area contributed by atoms with Crippen LogP contribution in [0.4, 0.5) is 5.82 Å². The van der Waals surface area contributed by atoms with Crippen molar-refractivity contribution in [3.63, 3.8) is 0 Å². The van der Waals surface area contributed by atoms with Crippen LogP contribution in [0, 0.1) is 0 Å². The van der Waals surface area contributed by atoms with E-state index in [0.717, 1.165) is 0 Å². The van der Waals surface area contributed by atoms with Crippen molar-refractivity contribution in [1.82, 2.24) is 15.1 Å². The molecule has 3 N–H and O–H groups in total. The normalized spacial score (nSPS) is 15.8. The fraction of sp³-hybridized carbons (Fsp3) is 0.0769. The molecule has 0 unspecified atom stereocenters. The van der Waals surface area contributed by atoms with Gasteiger partial charge in [0.25, 0.3) is 11.8 Å². The van der Waals surface area contributed by atoms with Gasteiger partial charge in [-0.3, -0.25) is 14.9 Å². The van der Waals surface area contributed by atoms with Gasteiger partial charge in [0.05, 0.1) is 5.69 Å². The first-order valence-corrected chi connectivity index (χ1v) is 6.04. The number of oxime groups is 1. The highest BCUT2D eigenvalue weighted by molar-refractivity contribution is 6.51. The molecule has 1 aliphatic rings. The van der Waals surface area contributed by atoms with Gasteiger partial charge in [0.1, 0.15) is 24.2 Å². The van der Waals surface area contributed by atoms with E-state index in [1.165, 1.54) is 11.8 Å². The summed E-state index contributed by atoms with van der Waals surface area (Å²) in [7, 11) is 1.30. The molecular weight excluding hydrogens is 274 g/mol. The molecule has 8 heteroatoms. The number of nitrogen functional groups attached to an aromatic ring is 1. The number of nitrogens with one attached hydrogen (secondary N) is 1. The predicted octanol–water partition coefficient (Wildman–Crippen LogP) is 0.0750. The van der Waals surface area contributed by atoms with Crippen LogP contribution >= 0.6 is 0 Å². The fourth-order valence-corrected chi connectivity index (χ4v) is 2.10. The van der Waals surface area contributed by atoms with E-state index in [1.54, 1.807) is 12.1 Å². The Morgan fingerprint density at radius 1 is 1.24 bits per heavy atom. The SMILES string of the molecule is CO/N=C1/C(=O)NC(=O)c2c1nn(-c1ccccc1)c2N. The fourth-order valence-electron chi connectivity index (χ4n) is 2.10. The van der Waals surface area contributed by atoms with E-state index in [0.29, 0.717) is 5.69 Å². The largest absolute Gasteiger partial charge is 0.398 e. The van der Waals surface area contributed by atoms with Gasteiger partial charge < -0.3 is 10.6 Å². The number of benzene rings is 1. The molecule has 1 aromatic carbocycles. The summed E-state index contributed by atoms with van der Waals surface area (Å²) in [6.45, 7) is 0. The molecule has 0 radical (unpaired) electrons. The Balaban J connectivity index is 2.24. The lowest BCUT2D eigenvalue weighted by Crippen LogP contribution is -2.42. The zero-order valence-electron chi connectivity index (χ0n) is 11.0. The van der Waals surface area contributed by atoms with Crippen LogP contribution in [0.25, 0.3) is 5.69 Å². The molecule has 2 heterocycles. The van der Waals surface area contributed by atoms with E-state index >= 15 is 0 Å². The van der Waals surface area contributed by atoms with Gasteiger partial charge in [-0.05, 0) is 12.1 Å². The van der Waals surface area contributed by atoms with Gasteiger partial charge in [0.2, 0.25) is 0 Å². The molecule has 0 saturated heterocycles. The van der Waals surface area contributed by atoms with Crippen LogP contribution in [-0.4, -0.2) is 34.4 Å². The lowest BCUT2D eigenvalue weighted by Gasteiger charge is -2.11. The van der Waals surface area contributed by atoms with Crippen LogP contribution in [0.5, 0.6) is 0 Å². The summed E-state index contributed by atoms with van der Waals surface area (Å²) >= 11 is 0. The minimum atomic E-state index is -0.674. The van der Waals surface area contributed by atoms with Gasteiger partial charge in [-0.25, -0.2) is 4.68 Å². The van der Waals surface area contributed by atoms with Gasteiger partial charge in [0, 0.05) is 0 Å². The first kappa shape index (κ1) is 12.9. The van der Waals surface area contributed by atoms with Crippen molar-refractivity contribution in [1.29, 1.82) is 0 Å². The van der Waals surface area contributed by atoms with Crippen LogP contribution in [0.3, 0.4) is 0 Å². The molecule has 0 bridgehead atoms. The molecule has 0 aliphatic carbocycles. The van der Waals surface area contributed by atoms with Gasteiger partial charge in [-0.15, -0.1) is 0 Å². The average molecular weight is 285 g/mol. The number of nitrogens with zero attached hydrogens (tertiary/aromatic N) is 3. The summed E-state index contributed by atoms with van der Waals surface area (Å²) in [5.41, 5.74) is 6.77. The lowest BCUT2D eigenvalue weighted by atomic mass is 10.1. The van der Waals surface area contributed by atoms with E-state index < -0.39 is 11.8 Å². The topological polar surface area (TPSA) is 112 Å². The minimum Gasteiger partial charge on any atom is -0.398 e. The van der Waals surface area contributed by atoms with Crippen LogP contribution < -0.4 is 11.1 Å². The zero-order chi connectivity index (χ0) is 15.0. The maximum absolute atomic E-state index is 12.0. The summed E-state index contributed by atoms with van der Waals surface area (Å²) in [5.74, 6) is -1.15. The third-order valence-electron chi connectivity index (χ3n) is 3.00. The monoisotopic (exact) mass is 285 g/mol. The molecule has 3 rings (SSSR count). The number of aromatic nitrogens is 2. The molecule has 2 amide bonds. The standard InChI is InChI=1S/C13H11N5O3/c1-21-17-10-9-8(12(19)15-13(10)20)11(14)18(16-9)7-5-3-2-4-6-7/h2-6H,14H2,1H3,(H,15,19,20)/b17-10+. The molecular formula is C13H11N5O3. The third-order valence-corrected chi connectivity index (χ3v) is 3.00. The first-order valence-electron chi connectivity index (χ1n) is 6.04. The molecule has 2 aromatic rings. The Morgan fingerprint density at radius 3 is 2.62 bits per heavy atom. The Bertz CT molecular complexity index is 764. The quantitative estimate of drug-likeness (QED) is 0.599. The highest BCUT2D eigenvalue weighted by Crippen LogP contribution is 2.24. The third kappa shape index (κ3) is 1.93. The van der Waals surface area contributed by atoms with Gasteiger partial charge >= 0.3 is 0 Å². The van der Waals surface area contributed by atoms with Crippen LogP contribution in [0.15, 0.2) is 35.5 Å². The van der Waals surface area contributed by atoms with E-state index in [9.17, 15) is 9.59 Å². The molecule has 1 aliphatic heterocycles. The van der Waals surface area contributed by atoms with Crippen molar-refractivity contribution in [2.75, 3.05) is 12.8 Å². The minimum absolute atomic E-state index is 0.0894. The molecule has 21 heavy (non-hydrogen) atoms. The van der Waals surface area contributed by atoms with Crippen molar-refractivity contribution < 1.29 is 14.4 Å². The number of carbonyl (C=O) groups is 2. The average Bonchev–Trinajstić information content (AvgIpc) is 2.82. The molecule has 106 valence electrons. The summed E-state index contributed by atoms with van der Waals surface area (Å²) in [6.07, 6.45) is 0. The number of nitrogens with two attached hydrogens (primary N) is 1. The van der Waals surface area contributed by atoms with Crippen molar-refractivity contribution in [3.05, 3.63) is 41.6 Å². The van der Waals surface area contributed by atoms with E-state index in [-0.39, 0.29) is 22.8 Å². The zero-order valence-corrected chi connectivity index (χ0v) is 11.0. The molecule has 1 aromatic heterocycles. The van der Waals surface area contributed by atoms with Crippen molar-refractivity contribution >= 4 is 23.3 Å². The maximum atomic E-state index is 12.0. The van der Waals surface area contributed by atoms with Crippen LogP contribution in [0.2, 0.25) is 0 Å². The number of fused-ring (bicyclic) bond motifs is 1. The Morgan fingerprint density at radius 2 is 1.95 bits per heavy atom. The van der Waals surface area contributed by atoms with Crippen LogP contribution in [0.1, 0.15) is 16.1 Å². The van der Waals surface area contributed by atoms with E-state index in [4.69, 9.17) is 5.73 Å². The molecule has 0 fully saturated rings. The number of carbonyl (C=O) groups excluding carboxylic acids is 2. The second kappa shape index (κ2) is 4.75. The summed E-state index contributed by atoms with van der Waals surface area (Å²) in [4.78, 5) is 28.4. The second-order valence-corrected chi connectivity index (χ2v) is 4.26. The van der Waals surface area contributed by atoms with Gasteiger partial charge in [0.15, 0.2) is 5.71 Å². The Labute approximate surface area is 119 Å². The number of anilines is 1. The van der Waals surface area contributed by atoms with Crippen molar-refractivity contribution in [2.24, 2.45) is 5.16 Å². The molecule has 8 nitrogen and oxygen atoms in total. The summed E-state index contributed by atoms with van der Waals surface area (Å²) < 4.78 is 1.38. The van der Waals surface area contributed by atoms with Gasteiger partial charge in [-0.2, -0.15) is 5.10 Å².